The maximum Gasteiger partial charge on any atom is 0.490 e. The molecule has 1 aromatic carbocycles. The van der Waals surface area contributed by atoms with Gasteiger partial charge in [-0.25, -0.2) is 19.1 Å². The lowest BCUT2D eigenvalue weighted by Gasteiger charge is -2.32. The summed E-state index contributed by atoms with van der Waals surface area (Å²) in [7, 11) is 1.65. The maximum absolute atomic E-state index is 10.6. The van der Waals surface area contributed by atoms with Crippen molar-refractivity contribution in [1.82, 2.24) is 24.7 Å². The molecule has 1 aliphatic rings. The van der Waals surface area contributed by atoms with Crippen LogP contribution < -0.4 is 4.74 Å². The summed E-state index contributed by atoms with van der Waals surface area (Å²) in [5.41, 5.74) is 5.18. The van der Waals surface area contributed by atoms with E-state index >= 15 is 0 Å². The Kier molecular flexibility index (Phi) is 11.2. The van der Waals surface area contributed by atoms with Crippen LogP contribution in [0.15, 0.2) is 67.0 Å². The van der Waals surface area contributed by atoms with Crippen LogP contribution >= 0.6 is 0 Å². The van der Waals surface area contributed by atoms with Crippen LogP contribution in [0.25, 0.3) is 16.6 Å². The molecule has 236 valence electrons. The molecule has 0 saturated carbocycles. The average Bonchev–Trinajstić information content (AvgIpc) is 3.41. The lowest BCUT2D eigenvalue weighted by molar-refractivity contribution is -0.193. The fraction of sp³-hybridized carbons (Fsp3) is 0.296. The molecule has 0 bridgehead atoms. The summed E-state index contributed by atoms with van der Waals surface area (Å²) in [6.45, 7) is 3.00. The number of carbonyl (C=O) groups is 2. The Morgan fingerprint density at radius 1 is 0.955 bits per heavy atom. The Morgan fingerprint density at radius 2 is 1.59 bits per heavy atom. The zero-order valence-corrected chi connectivity index (χ0v) is 22.8. The second-order valence-electron chi connectivity index (χ2n) is 8.96. The predicted molar refractivity (Wildman–Crippen MR) is 141 cm³/mol. The summed E-state index contributed by atoms with van der Waals surface area (Å²) >= 11 is 0. The molecule has 1 atom stereocenters. The molecule has 5 rings (SSSR count). The van der Waals surface area contributed by atoms with E-state index in [1.54, 1.807) is 13.3 Å². The van der Waals surface area contributed by atoms with Crippen LogP contribution in [0.3, 0.4) is 0 Å². The van der Waals surface area contributed by atoms with Crippen LogP contribution in [0.5, 0.6) is 5.88 Å². The number of benzene rings is 1. The lowest BCUT2D eigenvalue weighted by atomic mass is 10.1. The zero-order valence-electron chi connectivity index (χ0n) is 22.8. The van der Waals surface area contributed by atoms with E-state index in [1.165, 1.54) is 0 Å². The molecule has 44 heavy (non-hydrogen) atoms. The number of hydrogen-bond donors (Lipinski definition) is 2. The van der Waals surface area contributed by atoms with E-state index in [0.717, 1.165) is 47.5 Å². The summed E-state index contributed by atoms with van der Waals surface area (Å²) in [6, 6.07) is 18.4. The highest BCUT2D eigenvalue weighted by Gasteiger charge is 2.39. The largest absolute Gasteiger partial charge is 0.490 e. The Balaban J connectivity index is 0.000000317. The topological polar surface area (TPSA) is 139 Å². The van der Waals surface area contributed by atoms with Crippen molar-refractivity contribution >= 4 is 17.5 Å². The van der Waals surface area contributed by atoms with Gasteiger partial charge in [0.2, 0.25) is 5.88 Å². The van der Waals surface area contributed by atoms with Gasteiger partial charge in [-0.2, -0.15) is 26.3 Å². The number of halogens is 6. The van der Waals surface area contributed by atoms with E-state index in [2.05, 4.69) is 50.5 Å². The van der Waals surface area contributed by atoms with Crippen molar-refractivity contribution in [2.45, 2.75) is 25.0 Å². The third kappa shape index (κ3) is 9.37. The number of rotatable bonds is 5. The van der Waals surface area contributed by atoms with Gasteiger partial charge in [0, 0.05) is 43.2 Å². The van der Waals surface area contributed by atoms with Crippen LogP contribution in [0, 0.1) is 0 Å². The smallest absolute Gasteiger partial charge is 0.481 e. The first-order valence-electron chi connectivity index (χ1n) is 12.5. The Bertz CT molecular complexity index is 1520. The van der Waals surface area contributed by atoms with Crippen molar-refractivity contribution in [2.75, 3.05) is 26.8 Å². The zero-order chi connectivity index (χ0) is 32.5. The van der Waals surface area contributed by atoms with Crippen molar-refractivity contribution < 1.29 is 55.6 Å². The summed E-state index contributed by atoms with van der Waals surface area (Å²) in [4.78, 5) is 24.4. The maximum atomic E-state index is 10.6. The number of nitrogens with zero attached hydrogens (tertiary/aromatic N) is 5. The van der Waals surface area contributed by atoms with Crippen molar-refractivity contribution in [2.24, 2.45) is 0 Å². The van der Waals surface area contributed by atoms with E-state index in [9.17, 15) is 26.3 Å². The van der Waals surface area contributed by atoms with Crippen molar-refractivity contribution in [3.05, 3.63) is 78.2 Å². The minimum Gasteiger partial charge on any atom is -0.481 e. The highest BCUT2D eigenvalue weighted by molar-refractivity contribution is 5.73. The second-order valence-corrected chi connectivity index (χ2v) is 8.96. The molecule has 0 spiro atoms. The van der Waals surface area contributed by atoms with E-state index in [4.69, 9.17) is 29.3 Å². The third-order valence-corrected chi connectivity index (χ3v) is 5.93. The van der Waals surface area contributed by atoms with Gasteiger partial charge in [-0.1, -0.05) is 47.7 Å². The van der Waals surface area contributed by atoms with Crippen molar-refractivity contribution in [3.8, 4) is 17.0 Å². The van der Waals surface area contributed by atoms with Gasteiger partial charge >= 0.3 is 24.3 Å². The Morgan fingerprint density at radius 3 is 2.18 bits per heavy atom. The SMILES string of the molecule is COc1ncccc1CN1CCOC(c2nnn3cc(-c4ccccc4)ccc23)C1.O=C(O)C(F)(F)F.O=C(O)C(F)(F)F. The number of pyridine rings is 2. The van der Waals surface area contributed by atoms with Crippen LogP contribution in [0.4, 0.5) is 26.3 Å². The Hall–Kier alpha value is -4.77. The molecule has 11 nitrogen and oxygen atoms in total. The van der Waals surface area contributed by atoms with E-state index in [-0.39, 0.29) is 6.10 Å². The minimum atomic E-state index is -5.08. The van der Waals surface area contributed by atoms with Gasteiger partial charge in [-0.3, -0.25) is 4.90 Å². The fourth-order valence-electron chi connectivity index (χ4n) is 3.93. The number of aromatic nitrogens is 4. The van der Waals surface area contributed by atoms with Gasteiger partial charge in [0.25, 0.3) is 0 Å². The monoisotopic (exact) mass is 629 g/mol. The van der Waals surface area contributed by atoms with Gasteiger partial charge in [-0.05, 0) is 17.7 Å². The molecule has 0 aliphatic carbocycles. The first-order chi connectivity index (χ1) is 20.7. The van der Waals surface area contributed by atoms with Crippen LogP contribution in [0.1, 0.15) is 17.4 Å². The number of fused-ring (bicyclic) bond motifs is 1. The molecule has 4 aromatic rings. The molecule has 1 fully saturated rings. The number of aliphatic carboxylic acids is 2. The normalized spacial score (nSPS) is 15.4. The number of ether oxygens (including phenoxy) is 2. The van der Waals surface area contributed by atoms with Gasteiger partial charge < -0.3 is 19.7 Å². The first-order valence-corrected chi connectivity index (χ1v) is 12.5. The molecule has 1 aliphatic heterocycles. The van der Waals surface area contributed by atoms with Gasteiger partial charge in [0.15, 0.2) is 0 Å². The number of carboxylic acid groups (broad SMARTS) is 2. The predicted octanol–water partition coefficient (Wildman–Crippen LogP) is 4.64. The molecule has 2 N–H and O–H groups in total. The number of morpholine rings is 1. The molecular weight excluding hydrogens is 604 g/mol. The molecule has 17 heteroatoms. The van der Waals surface area contributed by atoms with Gasteiger partial charge in [0.05, 0.1) is 19.2 Å². The number of methoxy groups -OCH3 is 1. The van der Waals surface area contributed by atoms with E-state index in [1.807, 2.05) is 35.0 Å². The van der Waals surface area contributed by atoms with E-state index < -0.39 is 24.3 Å². The highest BCUT2D eigenvalue weighted by Crippen LogP contribution is 2.28. The molecular formula is C27H25F6N5O6. The van der Waals surface area contributed by atoms with Crippen molar-refractivity contribution in [1.29, 1.82) is 0 Å². The summed E-state index contributed by atoms with van der Waals surface area (Å²) in [5.74, 6) is -4.84. The third-order valence-electron chi connectivity index (χ3n) is 5.93. The fourth-order valence-corrected chi connectivity index (χ4v) is 3.93. The summed E-state index contributed by atoms with van der Waals surface area (Å²) < 4.78 is 76.8. The molecule has 3 aromatic heterocycles. The average molecular weight is 630 g/mol. The standard InChI is InChI=1S/C23H23N5O2.2C2HF3O2/c1-29-23-19(8-5-11-24-23)14-27-12-13-30-21(16-27)22-20-10-9-18(15-28(20)26-25-22)17-6-3-2-4-7-17;2*3-2(4,5)1(6)7/h2-11,15,21H,12-14,16H2,1H3;2*(H,6,7). The second kappa shape index (κ2) is 14.6. The van der Waals surface area contributed by atoms with Crippen LogP contribution in [-0.4, -0.2) is 86.0 Å². The highest BCUT2D eigenvalue weighted by atomic mass is 19.4. The summed E-state index contributed by atoms with van der Waals surface area (Å²) in [6.07, 6.45) is -6.53. The van der Waals surface area contributed by atoms with Crippen LogP contribution in [-0.2, 0) is 20.9 Å². The number of carboxylic acids is 2. The first kappa shape index (κ1) is 33.7. The number of hydrogen-bond acceptors (Lipinski definition) is 8. The lowest BCUT2D eigenvalue weighted by Crippen LogP contribution is -2.38. The summed E-state index contributed by atoms with van der Waals surface area (Å²) in [5, 5.41) is 23.1. The van der Waals surface area contributed by atoms with Gasteiger partial charge in [-0.15, -0.1) is 5.10 Å². The Labute approximate surface area is 245 Å². The molecule has 1 unspecified atom stereocenters. The number of alkyl halides is 6. The van der Waals surface area contributed by atoms with Crippen LogP contribution in [0.2, 0.25) is 0 Å². The molecule has 0 radical (unpaired) electrons. The molecule has 4 heterocycles. The van der Waals surface area contributed by atoms with Crippen molar-refractivity contribution in [3.63, 3.8) is 0 Å². The minimum absolute atomic E-state index is 0.124. The van der Waals surface area contributed by atoms with E-state index in [0.29, 0.717) is 12.5 Å². The van der Waals surface area contributed by atoms with Gasteiger partial charge in [0.1, 0.15) is 11.8 Å². The molecule has 0 amide bonds. The molecule has 1 saturated heterocycles. The quantitative estimate of drug-likeness (QED) is 0.300.